The van der Waals surface area contributed by atoms with Crippen molar-refractivity contribution in [2.45, 2.75) is 32.1 Å². The van der Waals surface area contributed by atoms with Gasteiger partial charge >= 0.3 is 12.1 Å². The lowest BCUT2D eigenvalue weighted by molar-refractivity contribution is -0.140. The Morgan fingerprint density at radius 2 is 1.74 bits per heavy atom. The third-order valence-electron chi connectivity index (χ3n) is 6.85. The summed E-state index contributed by atoms with van der Waals surface area (Å²) in [7, 11) is 0. The molecule has 186 valence electrons. The summed E-state index contributed by atoms with van der Waals surface area (Å²) in [6.07, 6.45) is 0.658. The molecule has 0 aromatic heterocycles. The number of hydrogen-bond acceptors (Lipinski definition) is 5. The van der Waals surface area contributed by atoms with Crippen molar-refractivity contribution in [1.82, 2.24) is 10.6 Å². The summed E-state index contributed by atoms with van der Waals surface area (Å²) in [5.74, 6) is -1.39. The van der Waals surface area contributed by atoms with Crippen LogP contribution in [-0.2, 0) is 19.1 Å². The molecular formula is C27H32N2O6. The average Bonchev–Trinajstić information content (AvgIpc) is 3.18. The van der Waals surface area contributed by atoms with Crippen molar-refractivity contribution in [1.29, 1.82) is 0 Å². The average molecular weight is 481 g/mol. The summed E-state index contributed by atoms with van der Waals surface area (Å²) >= 11 is 0. The lowest BCUT2D eigenvalue weighted by atomic mass is 9.81. The summed E-state index contributed by atoms with van der Waals surface area (Å²) in [6, 6.07) is 16.3. The maximum atomic E-state index is 13.0. The number of alkyl carbamates (subject to hydrolysis) is 1. The highest BCUT2D eigenvalue weighted by molar-refractivity contribution is 5.84. The van der Waals surface area contributed by atoms with Gasteiger partial charge in [0.15, 0.2) is 0 Å². The molecule has 2 aliphatic rings. The first kappa shape index (κ1) is 24.7. The van der Waals surface area contributed by atoms with Gasteiger partial charge in [0.2, 0.25) is 5.91 Å². The lowest BCUT2D eigenvalue weighted by Gasteiger charge is -2.35. The molecule has 4 rings (SSSR count). The predicted octanol–water partition coefficient (Wildman–Crippen LogP) is 3.55. The molecule has 0 spiro atoms. The number of ether oxygens (including phenoxy) is 2. The maximum Gasteiger partial charge on any atom is 0.407 e. The van der Waals surface area contributed by atoms with Gasteiger partial charge in [0.25, 0.3) is 0 Å². The van der Waals surface area contributed by atoms with Crippen LogP contribution in [0.2, 0.25) is 0 Å². The van der Waals surface area contributed by atoms with Crippen molar-refractivity contribution >= 4 is 18.0 Å². The van der Waals surface area contributed by atoms with E-state index in [9.17, 15) is 14.4 Å². The Hall–Kier alpha value is -3.39. The second-order valence-electron chi connectivity index (χ2n) is 9.53. The molecule has 35 heavy (non-hydrogen) atoms. The molecule has 0 bridgehead atoms. The third kappa shape index (κ3) is 5.65. The van der Waals surface area contributed by atoms with Crippen molar-refractivity contribution < 1.29 is 29.0 Å². The molecule has 0 radical (unpaired) electrons. The zero-order chi connectivity index (χ0) is 24.8. The van der Waals surface area contributed by atoms with Crippen LogP contribution in [0.25, 0.3) is 11.1 Å². The first-order valence-corrected chi connectivity index (χ1v) is 12.1. The number of benzene rings is 2. The summed E-state index contributed by atoms with van der Waals surface area (Å²) < 4.78 is 11.2. The standard InChI is InChI=1S/C27H32N2O6/c1-18(13-24(30)31)14-28-25(32)27(11-6-12-34-17-27)16-29-26(33)35-15-23-21-9-4-2-7-19(21)20-8-3-5-10-22(20)23/h2-5,7-10,18,23H,6,11-17H2,1H3,(H,28,32)(H,29,33)(H,30,31). The lowest BCUT2D eigenvalue weighted by Crippen LogP contribution is -2.53. The first-order chi connectivity index (χ1) is 16.9. The summed E-state index contributed by atoms with van der Waals surface area (Å²) in [6.45, 7) is 3.06. The first-order valence-electron chi connectivity index (χ1n) is 12.1. The highest BCUT2D eigenvalue weighted by Gasteiger charge is 2.41. The van der Waals surface area contributed by atoms with Gasteiger partial charge in [0.05, 0.1) is 12.0 Å². The van der Waals surface area contributed by atoms with Gasteiger partial charge in [-0.2, -0.15) is 0 Å². The Labute approximate surface area is 205 Å². The SMILES string of the molecule is CC(CNC(=O)C1(CNC(=O)OCC2c3ccccc3-c3ccccc32)CCCOC1)CC(=O)O. The topological polar surface area (TPSA) is 114 Å². The van der Waals surface area contributed by atoms with Crippen LogP contribution in [0.3, 0.4) is 0 Å². The molecular weight excluding hydrogens is 448 g/mol. The van der Waals surface area contributed by atoms with Crippen LogP contribution < -0.4 is 10.6 Å². The van der Waals surface area contributed by atoms with Gasteiger partial charge in [-0.25, -0.2) is 4.79 Å². The fraction of sp³-hybridized carbons (Fsp3) is 0.444. The van der Waals surface area contributed by atoms with E-state index in [-0.39, 0.29) is 50.5 Å². The molecule has 1 fully saturated rings. The largest absolute Gasteiger partial charge is 0.481 e. The minimum atomic E-state index is -0.910. The maximum absolute atomic E-state index is 13.0. The van der Waals surface area contributed by atoms with E-state index in [0.717, 1.165) is 22.3 Å². The summed E-state index contributed by atoms with van der Waals surface area (Å²) in [5.41, 5.74) is 3.67. The van der Waals surface area contributed by atoms with Crippen molar-refractivity contribution in [3.63, 3.8) is 0 Å². The molecule has 2 aromatic rings. The van der Waals surface area contributed by atoms with E-state index in [0.29, 0.717) is 19.4 Å². The number of hydrogen-bond donors (Lipinski definition) is 3. The van der Waals surface area contributed by atoms with Crippen molar-refractivity contribution in [2.24, 2.45) is 11.3 Å². The van der Waals surface area contributed by atoms with Crippen LogP contribution in [0.4, 0.5) is 4.79 Å². The Morgan fingerprint density at radius 1 is 1.09 bits per heavy atom. The van der Waals surface area contributed by atoms with Gasteiger partial charge in [-0.05, 0) is 41.0 Å². The highest BCUT2D eigenvalue weighted by Crippen LogP contribution is 2.44. The van der Waals surface area contributed by atoms with Crippen LogP contribution in [-0.4, -0.2) is 56.0 Å². The van der Waals surface area contributed by atoms with Crippen LogP contribution >= 0.6 is 0 Å². The number of aliphatic carboxylic acids is 1. The minimum absolute atomic E-state index is 0.0260. The number of fused-ring (bicyclic) bond motifs is 3. The molecule has 1 aliphatic carbocycles. The number of nitrogens with one attached hydrogen (secondary N) is 2. The van der Waals surface area contributed by atoms with E-state index in [2.05, 4.69) is 34.9 Å². The van der Waals surface area contributed by atoms with Crippen LogP contribution in [0.5, 0.6) is 0 Å². The van der Waals surface area contributed by atoms with Gasteiger partial charge in [-0.15, -0.1) is 0 Å². The van der Waals surface area contributed by atoms with Crippen molar-refractivity contribution in [3.05, 3.63) is 59.7 Å². The van der Waals surface area contributed by atoms with Crippen molar-refractivity contribution in [2.75, 3.05) is 32.9 Å². The van der Waals surface area contributed by atoms with Crippen LogP contribution in [0.15, 0.2) is 48.5 Å². The zero-order valence-electron chi connectivity index (χ0n) is 19.9. The van der Waals surface area contributed by atoms with Gasteiger partial charge < -0.3 is 25.2 Å². The molecule has 1 heterocycles. The number of carbonyl (C=O) groups is 3. The van der Waals surface area contributed by atoms with E-state index in [1.165, 1.54) is 0 Å². The molecule has 3 N–H and O–H groups in total. The molecule has 8 heteroatoms. The quantitative estimate of drug-likeness (QED) is 0.506. The number of carbonyl (C=O) groups excluding carboxylic acids is 2. The van der Waals surface area contributed by atoms with Crippen LogP contribution in [0, 0.1) is 11.3 Å². The molecule has 1 aliphatic heterocycles. The Balaban J connectivity index is 1.35. The number of carboxylic acid groups (broad SMARTS) is 1. The van der Waals surface area contributed by atoms with Gasteiger partial charge in [0.1, 0.15) is 6.61 Å². The van der Waals surface area contributed by atoms with E-state index < -0.39 is 17.5 Å². The molecule has 1 saturated heterocycles. The molecule has 2 unspecified atom stereocenters. The van der Waals surface area contributed by atoms with E-state index in [4.69, 9.17) is 14.6 Å². The van der Waals surface area contributed by atoms with Gasteiger partial charge in [0, 0.05) is 32.0 Å². The molecule has 0 saturated carbocycles. The Bertz CT molecular complexity index is 1030. The fourth-order valence-corrected chi connectivity index (χ4v) is 4.97. The zero-order valence-corrected chi connectivity index (χ0v) is 19.9. The van der Waals surface area contributed by atoms with Crippen LogP contribution in [0.1, 0.15) is 43.2 Å². The number of amides is 2. The second-order valence-corrected chi connectivity index (χ2v) is 9.53. The summed E-state index contributed by atoms with van der Waals surface area (Å²) in [4.78, 5) is 36.6. The second kappa shape index (κ2) is 10.9. The van der Waals surface area contributed by atoms with Crippen molar-refractivity contribution in [3.8, 4) is 11.1 Å². The Kier molecular flexibility index (Phi) is 7.70. The normalized spacial score (nSPS) is 19.8. The molecule has 2 amide bonds. The summed E-state index contributed by atoms with van der Waals surface area (Å²) in [5, 5.41) is 14.6. The van der Waals surface area contributed by atoms with E-state index in [1.54, 1.807) is 6.92 Å². The predicted molar refractivity (Wildman–Crippen MR) is 130 cm³/mol. The fourth-order valence-electron chi connectivity index (χ4n) is 4.97. The number of carboxylic acids is 1. The van der Waals surface area contributed by atoms with Gasteiger partial charge in [-0.1, -0.05) is 55.5 Å². The third-order valence-corrected chi connectivity index (χ3v) is 6.85. The van der Waals surface area contributed by atoms with E-state index >= 15 is 0 Å². The highest BCUT2D eigenvalue weighted by atomic mass is 16.5. The molecule has 2 atom stereocenters. The Morgan fingerprint density at radius 3 is 2.34 bits per heavy atom. The van der Waals surface area contributed by atoms with Gasteiger partial charge in [-0.3, -0.25) is 9.59 Å². The smallest absolute Gasteiger partial charge is 0.407 e. The van der Waals surface area contributed by atoms with E-state index in [1.807, 2.05) is 24.3 Å². The monoisotopic (exact) mass is 480 g/mol. The number of rotatable bonds is 9. The minimum Gasteiger partial charge on any atom is -0.481 e. The molecule has 2 aromatic carbocycles. The molecule has 8 nitrogen and oxygen atoms in total.